The summed E-state index contributed by atoms with van der Waals surface area (Å²) in [5.74, 6) is 0. The topological polar surface area (TPSA) is 84.2 Å². The molecule has 2 rings (SSSR count). The first-order valence-electron chi connectivity index (χ1n) is 6.24. The van der Waals surface area contributed by atoms with E-state index in [9.17, 15) is 8.42 Å². The molecule has 1 aromatic heterocycles. The lowest BCUT2D eigenvalue weighted by atomic mass is 10.2. The van der Waals surface area contributed by atoms with Gasteiger partial charge in [-0.25, -0.2) is 8.42 Å². The first-order valence-corrected chi connectivity index (χ1v) is 7.72. The Bertz CT molecular complexity index is 662. The number of aryl methyl sites for hydroxylation is 2. The van der Waals surface area contributed by atoms with Crippen LogP contribution in [0.3, 0.4) is 0 Å². The molecule has 0 saturated heterocycles. The molecule has 0 saturated carbocycles. The predicted molar refractivity (Wildman–Crippen MR) is 75.9 cm³/mol. The van der Waals surface area contributed by atoms with E-state index in [-0.39, 0.29) is 11.5 Å². The van der Waals surface area contributed by atoms with Crippen molar-refractivity contribution in [1.82, 2.24) is 9.78 Å². The average molecular weight is 295 g/mol. The first kappa shape index (κ1) is 14.5. The van der Waals surface area contributed by atoms with Gasteiger partial charge in [0.05, 0.1) is 6.20 Å². The van der Waals surface area contributed by atoms with Crippen LogP contribution in [0.4, 0.5) is 5.69 Å². The summed E-state index contributed by atoms with van der Waals surface area (Å²) in [6.07, 6.45) is 3.28. The molecule has 2 aromatic rings. The zero-order chi connectivity index (χ0) is 14.6. The Labute approximate surface area is 118 Å². The monoisotopic (exact) mass is 295 g/mol. The third kappa shape index (κ3) is 3.58. The van der Waals surface area contributed by atoms with Crippen molar-refractivity contribution in [1.29, 1.82) is 0 Å². The number of sulfonamides is 1. The maximum atomic E-state index is 12.2. The number of aliphatic hydroxyl groups excluding tert-OH is 1. The van der Waals surface area contributed by atoms with Crippen molar-refractivity contribution in [2.75, 3.05) is 11.3 Å². The second kappa shape index (κ2) is 6.06. The zero-order valence-corrected chi connectivity index (χ0v) is 12.0. The van der Waals surface area contributed by atoms with Crippen LogP contribution in [0.15, 0.2) is 41.6 Å². The van der Waals surface area contributed by atoms with Crippen molar-refractivity contribution in [2.45, 2.75) is 24.8 Å². The van der Waals surface area contributed by atoms with Gasteiger partial charge in [-0.15, -0.1) is 0 Å². The quantitative estimate of drug-likeness (QED) is 0.843. The molecule has 0 fully saturated rings. The largest absolute Gasteiger partial charge is 0.396 e. The lowest BCUT2D eigenvalue weighted by molar-refractivity contribution is 0.277. The fourth-order valence-corrected chi connectivity index (χ4v) is 2.68. The number of anilines is 1. The fourth-order valence-electron chi connectivity index (χ4n) is 1.67. The lowest BCUT2D eigenvalue weighted by Gasteiger charge is -2.06. The van der Waals surface area contributed by atoms with Gasteiger partial charge < -0.3 is 5.11 Å². The zero-order valence-electron chi connectivity index (χ0n) is 11.2. The highest BCUT2D eigenvalue weighted by molar-refractivity contribution is 7.92. The number of aliphatic hydroxyl groups is 1. The van der Waals surface area contributed by atoms with Crippen LogP contribution in [0.1, 0.15) is 12.0 Å². The van der Waals surface area contributed by atoms with E-state index in [2.05, 4.69) is 9.82 Å². The Morgan fingerprint density at radius 3 is 2.65 bits per heavy atom. The molecule has 0 aliphatic carbocycles. The van der Waals surface area contributed by atoms with Crippen LogP contribution in [-0.4, -0.2) is 29.9 Å². The number of nitrogens with zero attached hydrogens (tertiary/aromatic N) is 2. The van der Waals surface area contributed by atoms with Gasteiger partial charge >= 0.3 is 0 Å². The summed E-state index contributed by atoms with van der Waals surface area (Å²) in [7, 11) is -3.63. The maximum Gasteiger partial charge on any atom is 0.265 e. The Kier molecular flexibility index (Phi) is 4.41. The summed E-state index contributed by atoms with van der Waals surface area (Å²) in [4.78, 5) is 0.107. The molecule has 1 aromatic carbocycles. The van der Waals surface area contributed by atoms with Crippen LogP contribution in [-0.2, 0) is 16.6 Å². The van der Waals surface area contributed by atoms with E-state index in [4.69, 9.17) is 5.11 Å². The van der Waals surface area contributed by atoms with Gasteiger partial charge in [-0.05, 0) is 25.5 Å². The van der Waals surface area contributed by atoms with Crippen molar-refractivity contribution >= 4 is 15.7 Å². The molecular weight excluding hydrogens is 278 g/mol. The summed E-state index contributed by atoms with van der Waals surface area (Å²) in [5.41, 5.74) is 1.57. The summed E-state index contributed by atoms with van der Waals surface area (Å²) in [6.45, 7) is 2.46. The molecule has 0 amide bonds. The molecular formula is C13H17N3O3S. The molecule has 0 aliphatic rings. The highest BCUT2D eigenvalue weighted by atomic mass is 32.2. The minimum Gasteiger partial charge on any atom is -0.396 e. The van der Waals surface area contributed by atoms with Gasteiger partial charge in [0.2, 0.25) is 0 Å². The highest BCUT2D eigenvalue weighted by Crippen LogP contribution is 2.16. The van der Waals surface area contributed by atoms with Gasteiger partial charge in [-0.3, -0.25) is 9.40 Å². The molecule has 6 nitrogen and oxygen atoms in total. The van der Waals surface area contributed by atoms with Crippen LogP contribution in [0.2, 0.25) is 0 Å². The van der Waals surface area contributed by atoms with Crippen molar-refractivity contribution in [2.24, 2.45) is 0 Å². The minimum absolute atomic E-state index is 0.0452. The number of aromatic nitrogens is 2. The number of hydrogen-bond acceptors (Lipinski definition) is 4. The first-order chi connectivity index (χ1) is 9.51. The normalized spacial score (nSPS) is 11.5. The molecule has 20 heavy (non-hydrogen) atoms. The summed E-state index contributed by atoms with van der Waals surface area (Å²) >= 11 is 0. The molecule has 0 aliphatic heterocycles. The molecule has 2 N–H and O–H groups in total. The van der Waals surface area contributed by atoms with Crippen molar-refractivity contribution in [3.05, 3.63) is 42.2 Å². The number of hydrogen-bond donors (Lipinski definition) is 2. The van der Waals surface area contributed by atoms with Crippen molar-refractivity contribution in [3.63, 3.8) is 0 Å². The molecule has 0 radical (unpaired) electrons. The smallest absolute Gasteiger partial charge is 0.265 e. The highest BCUT2D eigenvalue weighted by Gasteiger charge is 2.16. The third-order valence-corrected chi connectivity index (χ3v) is 4.10. The Balaban J connectivity index is 2.13. The summed E-state index contributed by atoms with van der Waals surface area (Å²) in [6, 6.07) is 7.09. The van der Waals surface area contributed by atoms with E-state index in [1.165, 1.54) is 17.1 Å². The SMILES string of the molecule is Cc1ccc(NS(=O)(=O)c2cnn(CCCO)c2)cc1. The second-order valence-corrected chi connectivity index (χ2v) is 6.17. The van der Waals surface area contributed by atoms with Gasteiger partial charge in [0, 0.05) is 25.0 Å². The van der Waals surface area contributed by atoms with Crippen LogP contribution in [0.25, 0.3) is 0 Å². The van der Waals surface area contributed by atoms with Gasteiger partial charge in [-0.2, -0.15) is 5.10 Å². The third-order valence-electron chi connectivity index (χ3n) is 2.77. The number of nitrogens with one attached hydrogen (secondary N) is 1. The van der Waals surface area contributed by atoms with Crippen LogP contribution < -0.4 is 4.72 Å². The lowest BCUT2D eigenvalue weighted by Crippen LogP contribution is -2.12. The van der Waals surface area contributed by atoms with Gasteiger partial charge in [0.1, 0.15) is 4.90 Å². The standard InChI is InChI=1S/C13H17N3O3S/c1-11-3-5-12(6-4-11)15-20(18,19)13-9-14-16(10-13)7-2-8-17/h3-6,9-10,15,17H,2,7-8H2,1H3. The van der Waals surface area contributed by atoms with E-state index in [0.29, 0.717) is 18.7 Å². The minimum atomic E-state index is -3.63. The number of benzene rings is 1. The van der Waals surface area contributed by atoms with E-state index < -0.39 is 10.0 Å². The maximum absolute atomic E-state index is 12.2. The Morgan fingerprint density at radius 1 is 1.30 bits per heavy atom. The van der Waals surface area contributed by atoms with Crippen LogP contribution in [0.5, 0.6) is 0 Å². The van der Waals surface area contributed by atoms with E-state index >= 15 is 0 Å². The van der Waals surface area contributed by atoms with Gasteiger partial charge in [0.15, 0.2) is 0 Å². The average Bonchev–Trinajstić information content (AvgIpc) is 2.88. The molecule has 108 valence electrons. The fraction of sp³-hybridized carbons (Fsp3) is 0.308. The summed E-state index contributed by atoms with van der Waals surface area (Å²) < 4.78 is 28.3. The second-order valence-electron chi connectivity index (χ2n) is 4.49. The van der Waals surface area contributed by atoms with Crippen molar-refractivity contribution in [3.8, 4) is 0 Å². The van der Waals surface area contributed by atoms with E-state index in [0.717, 1.165) is 5.56 Å². The van der Waals surface area contributed by atoms with Gasteiger partial charge in [0.25, 0.3) is 10.0 Å². The van der Waals surface area contributed by atoms with Gasteiger partial charge in [-0.1, -0.05) is 17.7 Å². The molecule has 0 atom stereocenters. The molecule has 0 spiro atoms. The summed E-state index contributed by atoms with van der Waals surface area (Å²) in [5, 5.41) is 12.7. The molecule has 7 heteroatoms. The molecule has 0 bridgehead atoms. The number of rotatable bonds is 6. The van der Waals surface area contributed by atoms with E-state index in [1.54, 1.807) is 12.1 Å². The predicted octanol–water partition coefficient (Wildman–Crippen LogP) is 1.37. The molecule has 0 unspecified atom stereocenters. The molecule has 1 heterocycles. The van der Waals surface area contributed by atoms with E-state index in [1.807, 2.05) is 19.1 Å². The van der Waals surface area contributed by atoms with Crippen LogP contribution >= 0.6 is 0 Å². The Hall–Kier alpha value is -1.86. The Morgan fingerprint density at radius 2 is 2.00 bits per heavy atom. The van der Waals surface area contributed by atoms with Crippen molar-refractivity contribution < 1.29 is 13.5 Å². The van der Waals surface area contributed by atoms with Crippen LogP contribution in [0, 0.1) is 6.92 Å².